The van der Waals surface area contributed by atoms with Gasteiger partial charge in [-0.05, 0) is 18.3 Å². The maximum Gasteiger partial charge on any atom is 0.180 e. The van der Waals surface area contributed by atoms with Gasteiger partial charge in [0, 0.05) is 19.6 Å². The predicted octanol–water partition coefficient (Wildman–Crippen LogP) is 1.82. The van der Waals surface area contributed by atoms with Gasteiger partial charge in [0.15, 0.2) is 5.90 Å². The first-order valence-electron chi connectivity index (χ1n) is 4.35. The average Bonchev–Trinajstić information content (AvgIpc) is 2.05. The lowest BCUT2D eigenvalue weighted by molar-refractivity contribution is 0.0252. The Morgan fingerprint density at radius 2 is 2.08 bits per heavy atom. The highest BCUT2D eigenvalue weighted by molar-refractivity contribution is 5.73. The van der Waals surface area contributed by atoms with Crippen LogP contribution in [0, 0.1) is 10.8 Å². The van der Waals surface area contributed by atoms with E-state index in [0.717, 1.165) is 32.5 Å². The van der Waals surface area contributed by atoms with Gasteiger partial charge in [0.2, 0.25) is 0 Å². The Hall–Kier alpha value is -0.570. The number of hydrogen-bond acceptors (Lipinski definition) is 3. The molecule has 12 heavy (non-hydrogen) atoms. The first-order chi connectivity index (χ1) is 5.66. The molecule has 1 aliphatic rings. The molecule has 0 amide bonds. The van der Waals surface area contributed by atoms with Gasteiger partial charge < -0.3 is 9.47 Å². The number of methoxy groups -OCH3 is 1. The van der Waals surface area contributed by atoms with Crippen LogP contribution in [0.4, 0.5) is 0 Å². The van der Waals surface area contributed by atoms with Gasteiger partial charge in [-0.2, -0.15) is 0 Å². The van der Waals surface area contributed by atoms with Gasteiger partial charge in [-0.1, -0.05) is 6.92 Å². The van der Waals surface area contributed by atoms with E-state index in [9.17, 15) is 0 Å². The molecule has 0 aromatic heterocycles. The molecule has 3 heteroatoms. The Morgan fingerprint density at radius 3 is 2.58 bits per heavy atom. The van der Waals surface area contributed by atoms with Crippen molar-refractivity contribution in [2.75, 3.05) is 20.3 Å². The average molecular weight is 171 g/mol. The highest BCUT2D eigenvalue weighted by Crippen LogP contribution is 2.33. The van der Waals surface area contributed by atoms with Crippen molar-refractivity contribution in [3.8, 4) is 0 Å². The standard InChI is InChI=1S/C9H17NO2/c1-9(7-8(10)11-2)3-5-12-6-4-9/h10H,3-7H2,1-2H3. The van der Waals surface area contributed by atoms with Crippen LogP contribution in [-0.2, 0) is 9.47 Å². The number of hydrogen-bond donors (Lipinski definition) is 1. The molecule has 0 atom stereocenters. The molecule has 0 spiro atoms. The second kappa shape index (κ2) is 3.90. The van der Waals surface area contributed by atoms with E-state index in [1.165, 1.54) is 0 Å². The Morgan fingerprint density at radius 1 is 1.50 bits per heavy atom. The lowest BCUT2D eigenvalue weighted by atomic mass is 9.79. The fraction of sp³-hybridized carbons (Fsp3) is 0.889. The van der Waals surface area contributed by atoms with Gasteiger partial charge in [-0.25, -0.2) is 0 Å². The van der Waals surface area contributed by atoms with E-state index >= 15 is 0 Å². The second-order valence-electron chi connectivity index (χ2n) is 3.73. The van der Waals surface area contributed by atoms with E-state index in [1.807, 2.05) is 0 Å². The highest BCUT2D eigenvalue weighted by Gasteiger charge is 2.28. The van der Waals surface area contributed by atoms with Gasteiger partial charge in [-0.15, -0.1) is 0 Å². The minimum absolute atomic E-state index is 0.228. The summed E-state index contributed by atoms with van der Waals surface area (Å²) in [4.78, 5) is 0. The molecule has 0 aliphatic carbocycles. The third-order valence-corrected chi connectivity index (χ3v) is 2.53. The highest BCUT2D eigenvalue weighted by atomic mass is 16.5. The molecule has 0 bridgehead atoms. The van der Waals surface area contributed by atoms with Gasteiger partial charge in [0.1, 0.15) is 0 Å². The van der Waals surface area contributed by atoms with Gasteiger partial charge >= 0.3 is 0 Å². The van der Waals surface area contributed by atoms with Crippen LogP contribution in [0.2, 0.25) is 0 Å². The summed E-state index contributed by atoms with van der Waals surface area (Å²) in [5.74, 6) is 0.388. The SMILES string of the molecule is COC(=N)CC1(C)CCOCC1. The van der Waals surface area contributed by atoms with Crippen molar-refractivity contribution in [1.29, 1.82) is 5.41 Å². The molecular weight excluding hydrogens is 154 g/mol. The van der Waals surface area contributed by atoms with Crippen LogP contribution < -0.4 is 0 Å². The number of nitrogens with one attached hydrogen (secondary N) is 1. The van der Waals surface area contributed by atoms with E-state index in [4.69, 9.17) is 14.9 Å². The summed E-state index contributed by atoms with van der Waals surface area (Å²) in [5.41, 5.74) is 0.228. The summed E-state index contributed by atoms with van der Waals surface area (Å²) in [6.07, 6.45) is 2.82. The van der Waals surface area contributed by atoms with E-state index in [0.29, 0.717) is 5.90 Å². The minimum atomic E-state index is 0.228. The van der Waals surface area contributed by atoms with Crippen LogP contribution in [0.1, 0.15) is 26.2 Å². The lowest BCUT2D eigenvalue weighted by Crippen LogP contribution is -2.29. The molecule has 1 fully saturated rings. The van der Waals surface area contributed by atoms with E-state index in [1.54, 1.807) is 7.11 Å². The molecular formula is C9H17NO2. The van der Waals surface area contributed by atoms with Crippen molar-refractivity contribution in [3.05, 3.63) is 0 Å². The van der Waals surface area contributed by atoms with Gasteiger partial charge in [-0.3, -0.25) is 5.41 Å². The fourth-order valence-electron chi connectivity index (χ4n) is 1.50. The molecule has 3 nitrogen and oxygen atoms in total. The van der Waals surface area contributed by atoms with Crippen molar-refractivity contribution in [2.24, 2.45) is 5.41 Å². The molecule has 0 aromatic carbocycles. The van der Waals surface area contributed by atoms with Crippen molar-refractivity contribution in [1.82, 2.24) is 0 Å². The predicted molar refractivity (Wildman–Crippen MR) is 47.5 cm³/mol. The van der Waals surface area contributed by atoms with Crippen LogP contribution in [0.25, 0.3) is 0 Å². The van der Waals surface area contributed by atoms with Crippen LogP contribution in [0.5, 0.6) is 0 Å². The molecule has 1 N–H and O–H groups in total. The third-order valence-electron chi connectivity index (χ3n) is 2.53. The van der Waals surface area contributed by atoms with Crippen LogP contribution in [-0.4, -0.2) is 26.2 Å². The Balaban J connectivity index is 2.41. The Kier molecular flexibility index (Phi) is 3.09. The molecule has 1 heterocycles. The largest absolute Gasteiger partial charge is 0.484 e. The molecule has 0 saturated carbocycles. The van der Waals surface area contributed by atoms with E-state index in [-0.39, 0.29) is 5.41 Å². The van der Waals surface area contributed by atoms with E-state index in [2.05, 4.69) is 6.92 Å². The molecule has 0 radical (unpaired) electrons. The summed E-state index contributed by atoms with van der Waals surface area (Å²) in [6, 6.07) is 0. The first kappa shape index (κ1) is 9.52. The zero-order valence-electron chi connectivity index (χ0n) is 7.85. The monoisotopic (exact) mass is 171 g/mol. The van der Waals surface area contributed by atoms with Crippen LogP contribution in [0.15, 0.2) is 0 Å². The topological polar surface area (TPSA) is 42.3 Å². The number of ether oxygens (including phenoxy) is 2. The first-order valence-corrected chi connectivity index (χ1v) is 4.35. The van der Waals surface area contributed by atoms with Crippen molar-refractivity contribution in [2.45, 2.75) is 26.2 Å². The molecule has 1 saturated heterocycles. The van der Waals surface area contributed by atoms with Crippen LogP contribution >= 0.6 is 0 Å². The van der Waals surface area contributed by atoms with Crippen molar-refractivity contribution < 1.29 is 9.47 Å². The summed E-state index contributed by atoms with van der Waals surface area (Å²) in [6.45, 7) is 3.85. The smallest absolute Gasteiger partial charge is 0.180 e. The molecule has 1 rings (SSSR count). The summed E-state index contributed by atoms with van der Waals surface area (Å²) < 4.78 is 10.1. The Labute approximate surface area is 73.6 Å². The van der Waals surface area contributed by atoms with Crippen molar-refractivity contribution >= 4 is 5.90 Å². The van der Waals surface area contributed by atoms with Gasteiger partial charge in [0.05, 0.1) is 7.11 Å². The zero-order chi connectivity index (χ0) is 9.03. The zero-order valence-corrected chi connectivity index (χ0v) is 7.85. The normalized spacial score (nSPS) is 21.8. The molecule has 0 aromatic rings. The fourth-order valence-corrected chi connectivity index (χ4v) is 1.50. The summed E-state index contributed by atoms with van der Waals surface area (Å²) >= 11 is 0. The maximum atomic E-state index is 7.44. The summed E-state index contributed by atoms with van der Waals surface area (Å²) in [7, 11) is 1.56. The quantitative estimate of drug-likeness (QED) is 0.508. The molecule has 0 unspecified atom stereocenters. The van der Waals surface area contributed by atoms with Crippen LogP contribution in [0.3, 0.4) is 0 Å². The Bertz CT molecular complexity index is 162. The lowest BCUT2D eigenvalue weighted by Gasteiger charge is -2.32. The summed E-state index contributed by atoms with van der Waals surface area (Å²) in [5, 5.41) is 7.44. The maximum absolute atomic E-state index is 7.44. The molecule has 1 aliphatic heterocycles. The van der Waals surface area contributed by atoms with Crippen molar-refractivity contribution in [3.63, 3.8) is 0 Å². The third kappa shape index (κ3) is 2.48. The number of rotatable bonds is 2. The van der Waals surface area contributed by atoms with E-state index < -0.39 is 0 Å². The second-order valence-corrected chi connectivity index (χ2v) is 3.73. The van der Waals surface area contributed by atoms with Gasteiger partial charge in [0.25, 0.3) is 0 Å². The molecule has 70 valence electrons. The minimum Gasteiger partial charge on any atom is -0.484 e.